The van der Waals surface area contributed by atoms with Gasteiger partial charge in [-0.05, 0) is 61.1 Å². The number of carbonyl (C=O) groups excluding carboxylic acids is 1. The molecule has 1 aliphatic rings. The highest BCUT2D eigenvalue weighted by molar-refractivity contribution is 6.29. The highest BCUT2D eigenvalue weighted by Crippen LogP contribution is 2.47. The third-order valence-electron chi connectivity index (χ3n) is 5.56. The molecule has 0 N–H and O–H groups in total. The maximum absolute atomic E-state index is 13.4. The van der Waals surface area contributed by atoms with E-state index in [1.165, 1.54) is 11.0 Å². The number of nitrogens with zero attached hydrogens (tertiary/aromatic N) is 3. The standard InChI is InChI=1S/C27H22ClN3O3/c1-18-9-8-14-22(19-15-16-19)25(18)34-26-23(17-24(28)29-30-26)33-27(32)31(20-10-4-2-5-11-20)21-12-6-3-7-13-21/h2-14,17,19H,15-16H2,1H3. The molecule has 0 radical (unpaired) electrons. The van der Waals surface area contributed by atoms with E-state index in [9.17, 15) is 4.79 Å². The third kappa shape index (κ3) is 4.72. The molecule has 6 nitrogen and oxygen atoms in total. The highest BCUT2D eigenvalue weighted by Gasteiger charge is 2.29. The Hall–Kier alpha value is -3.90. The molecule has 0 atom stereocenters. The van der Waals surface area contributed by atoms with E-state index in [1.807, 2.05) is 79.7 Å². The van der Waals surface area contributed by atoms with Crippen LogP contribution in [0.2, 0.25) is 5.15 Å². The number of rotatable bonds is 6. The lowest BCUT2D eigenvalue weighted by molar-refractivity contribution is 0.208. The number of ether oxygens (including phenoxy) is 2. The number of amides is 1. The maximum atomic E-state index is 13.4. The Bertz CT molecular complexity index is 1270. The average molecular weight is 472 g/mol. The molecule has 1 fully saturated rings. The van der Waals surface area contributed by atoms with Gasteiger partial charge < -0.3 is 9.47 Å². The van der Waals surface area contributed by atoms with Gasteiger partial charge in [0.15, 0.2) is 10.9 Å². The van der Waals surface area contributed by atoms with E-state index < -0.39 is 6.09 Å². The van der Waals surface area contributed by atoms with Gasteiger partial charge in [0.05, 0.1) is 11.4 Å². The molecule has 0 spiro atoms. The first-order valence-corrected chi connectivity index (χ1v) is 11.4. The van der Waals surface area contributed by atoms with Crippen molar-refractivity contribution in [3.8, 4) is 17.4 Å². The molecule has 1 aromatic heterocycles. The van der Waals surface area contributed by atoms with Crippen molar-refractivity contribution in [3.63, 3.8) is 0 Å². The molecule has 34 heavy (non-hydrogen) atoms. The first kappa shape index (κ1) is 21.9. The minimum Gasteiger partial charge on any atom is -0.434 e. The number of aryl methyl sites for hydroxylation is 1. The molecule has 1 heterocycles. The summed E-state index contributed by atoms with van der Waals surface area (Å²) in [6, 6.07) is 26.0. The van der Waals surface area contributed by atoms with E-state index in [-0.39, 0.29) is 16.8 Å². The van der Waals surface area contributed by atoms with Crippen molar-refractivity contribution in [2.45, 2.75) is 25.7 Å². The lowest BCUT2D eigenvalue weighted by Crippen LogP contribution is -2.29. The fourth-order valence-corrected chi connectivity index (χ4v) is 3.90. The van der Waals surface area contributed by atoms with Crippen LogP contribution in [0.4, 0.5) is 16.2 Å². The minimum atomic E-state index is -0.626. The Morgan fingerprint density at radius 3 is 2.18 bits per heavy atom. The first-order valence-electron chi connectivity index (χ1n) is 11.0. The number of carbonyl (C=O) groups is 1. The van der Waals surface area contributed by atoms with Gasteiger partial charge in [0.1, 0.15) is 5.75 Å². The lowest BCUT2D eigenvalue weighted by Gasteiger charge is -2.22. The maximum Gasteiger partial charge on any atom is 0.424 e. The number of anilines is 2. The van der Waals surface area contributed by atoms with Crippen molar-refractivity contribution in [2.24, 2.45) is 0 Å². The largest absolute Gasteiger partial charge is 0.434 e. The topological polar surface area (TPSA) is 64.6 Å². The van der Waals surface area contributed by atoms with E-state index in [0.29, 0.717) is 23.0 Å². The quantitative estimate of drug-likeness (QED) is 0.292. The van der Waals surface area contributed by atoms with Gasteiger partial charge in [-0.15, -0.1) is 10.2 Å². The van der Waals surface area contributed by atoms with Crippen LogP contribution in [0.3, 0.4) is 0 Å². The second-order valence-electron chi connectivity index (χ2n) is 8.08. The first-order chi connectivity index (χ1) is 16.6. The van der Waals surface area contributed by atoms with E-state index in [1.54, 1.807) is 0 Å². The van der Waals surface area contributed by atoms with Crippen molar-refractivity contribution in [3.05, 3.63) is 101 Å². The third-order valence-corrected chi connectivity index (χ3v) is 5.75. The second kappa shape index (κ2) is 9.53. The zero-order valence-corrected chi connectivity index (χ0v) is 19.3. The van der Waals surface area contributed by atoms with Crippen LogP contribution in [0.25, 0.3) is 0 Å². The van der Waals surface area contributed by atoms with Gasteiger partial charge >= 0.3 is 6.09 Å². The fourth-order valence-electron chi connectivity index (χ4n) is 3.77. The molecule has 0 unspecified atom stereocenters. The van der Waals surface area contributed by atoms with Gasteiger partial charge in [-0.1, -0.05) is 66.2 Å². The van der Waals surface area contributed by atoms with E-state index >= 15 is 0 Å². The van der Waals surface area contributed by atoms with Crippen molar-refractivity contribution in [1.82, 2.24) is 10.2 Å². The van der Waals surface area contributed by atoms with E-state index in [0.717, 1.165) is 24.0 Å². The fraction of sp³-hybridized carbons (Fsp3) is 0.148. The Labute approximate surface area is 202 Å². The summed E-state index contributed by atoms with van der Waals surface area (Å²) in [4.78, 5) is 14.9. The molecule has 3 aromatic carbocycles. The van der Waals surface area contributed by atoms with Crippen molar-refractivity contribution in [2.75, 3.05) is 4.90 Å². The van der Waals surface area contributed by atoms with Crippen LogP contribution in [0.15, 0.2) is 84.9 Å². The number of hydrogen-bond acceptors (Lipinski definition) is 5. The van der Waals surface area contributed by atoms with Gasteiger partial charge in [0, 0.05) is 6.07 Å². The number of hydrogen-bond donors (Lipinski definition) is 0. The Morgan fingerprint density at radius 2 is 1.56 bits per heavy atom. The van der Waals surface area contributed by atoms with Crippen LogP contribution in [0.5, 0.6) is 17.4 Å². The monoisotopic (exact) mass is 471 g/mol. The Morgan fingerprint density at radius 1 is 0.912 bits per heavy atom. The molecule has 0 aliphatic heterocycles. The number of para-hydroxylation sites is 3. The van der Waals surface area contributed by atoms with Gasteiger partial charge in [-0.25, -0.2) is 9.69 Å². The average Bonchev–Trinajstić information content (AvgIpc) is 3.69. The number of halogens is 1. The SMILES string of the molecule is Cc1cccc(C2CC2)c1Oc1nnc(Cl)cc1OC(=O)N(c1ccccc1)c1ccccc1. The van der Waals surface area contributed by atoms with Crippen molar-refractivity contribution < 1.29 is 14.3 Å². The summed E-state index contributed by atoms with van der Waals surface area (Å²) in [6.45, 7) is 1.97. The summed E-state index contributed by atoms with van der Waals surface area (Å²) in [6.07, 6.45) is 1.62. The van der Waals surface area contributed by atoms with E-state index in [4.69, 9.17) is 21.1 Å². The predicted octanol–water partition coefficient (Wildman–Crippen LogP) is 7.45. The van der Waals surface area contributed by atoms with Crippen LogP contribution in [-0.4, -0.2) is 16.3 Å². The van der Waals surface area contributed by atoms with Gasteiger partial charge in [0.2, 0.25) is 0 Å². The molecule has 4 aromatic rings. The molecule has 5 rings (SSSR count). The summed E-state index contributed by atoms with van der Waals surface area (Å²) in [5, 5.41) is 8.09. The molecule has 7 heteroatoms. The molecule has 1 saturated carbocycles. The smallest absolute Gasteiger partial charge is 0.424 e. The normalized spacial score (nSPS) is 12.8. The van der Waals surface area contributed by atoms with Crippen molar-refractivity contribution in [1.29, 1.82) is 0 Å². The summed E-state index contributed by atoms with van der Waals surface area (Å²) in [5.41, 5.74) is 3.39. The Balaban J connectivity index is 1.49. The molecule has 0 saturated heterocycles. The van der Waals surface area contributed by atoms with Gasteiger partial charge in [-0.2, -0.15) is 0 Å². The molecular formula is C27H22ClN3O3. The number of aromatic nitrogens is 2. The molecule has 0 bridgehead atoms. The Kier molecular flexibility index (Phi) is 6.14. The lowest BCUT2D eigenvalue weighted by atomic mass is 10.1. The zero-order chi connectivity index (χ0) is 23.5. The minimum absolute atomic E-state index is 0.0787. The molecule has 170 valence electrons. The van der Waals surface area contributed by atoms with Crippen LogP contribution >= 0.6 is 11.6 Å². The highest BCUT2D eigenvalue weighted by atomic mass is 35.5. The van der Waals surface area contributed by atoms with Crippen LogP contribution < -0.4 is 14.4 Å². The van der Waals surface area contributed by atoms with Crippen molar-refractivity contribution >= 4 is 29.1 Å². The molecule has 1 amide bonds. The molecular weight excluding hydrogens is 450 g/mol. The number of benzene rings is 3. The summed E-state index contributed by atoms with van der Waals surface area (Å²) < 4.78 is 12.0. The summed E-state index contributed by atoms with van der Waals surface area (Å²) in [7, 11) is 0. The summed E-state index contributed by atoms with van der Waals surface area (Å²) >= 11 is 6.11. The predicted molar refractivity (Wildman–Crippen MR) is 131 cm³/mol. The zero-order valence-electron chi connectivity index (χ0n) is 18.5. The molecule has 1 aliphatic carbocycles. The second-order valence-corrected chi connectivity index (χ2v) is 8.47. The van der Waals surface area contributed by atoms with Gasteiger partial charge in [0.25, 0.3) is 5.88 Å². The van der Waals surface area contributed by atoms with Crippen LogP contribution in [0.1, 0.15) is 29.9 Å². The van der Waals surface area contributed by atoms with Gasteiger partial charge in [-0.3, -0.25) is 0 Å². The van der Waals surface area contributed by atoms with E-state index in [2.05, 4.69) is 16.3 Å². The summed E-state index contributed by atoms with van der Waals surface area (Å²) in [5.74, 6) is 1.34. The van der Waals surface area contributed by atoms with Crippen LogP contribution in [0, 0.1) is 6.92 Å². The van der Waals surface area contributed by atoms with Crippen LogP contribution in [-0.2, 0) is 0 Å².